The van der Waals surface area contributed by atoms with Crippen LogP contribution in [0.25, 0.3) is 5.69 Å². The Labute approximate surface area is 185 Å². The topological polar surface area (TPSA) is 71.2 Å². The molecule has 156 valence electrons. The van der Waals surface area contributed by atoms with Crippen LogP contribution in [0, 0.1) is 17.2 Å². The maximum absolute atomic E-state index is 13.5. The zero-order valence-corrected chi connectivity index (χ0v) is 17.7. The molecule has 1 aliphatic carbocycles. The van der Waals surface area contributed by atoms with Gasteiger partial charge in [-0.15, -0.1) is 0 Å². The van der Waals surface area contributed by atoms with Gasteiger partial charge in [0, 0.05) is 31.3 Å². The Kier molecular flexibility index (Phi) is 5.13. The van der Waals surface area contributed by atoms with Gasteiger partial charge in [-0.25, -0.2) is 4.68 Å². The number of nitrogens with zero attached hydrogens (tertiary/aromatic N) is 4. The van der Waals surface area contributed by atoms with E-state index in [0.29, 0.717) is 37.8 Å². The Bertz CT molecular complexity index is 1180. The van der Waals surface area contributed by atoms with Crippen molar-refractivity contribution in [1.82, 2.24) is 14.7 Å². The van der Waals surface area contributed by atoms with Gasteiger partial charge in [0.15, 0.2) is 0 Å². The summed E-state index contributed by atoms with van der Waals surface area (Å²) in [5, 5.41) is 14.2. The number of carbonyl (C=O) groups is 1. The number of aromatic nitrogens is 2. The highest BCUT2D eigenvalue weighted by atomic mass is 35.5. The molecule has 6 nitrogen and oxygen atoms in total. The molecule has 1 aromatic heterocycles. The first-order chi connectivity index (χ1) is 15.1. The summed E-state index contributed by atoms with van der Waals surface area (Å²) in [6, 6.07) is 15.3. The van der Waals surface area contributed by atoms with Crippen molar-refractivity contribution in [1.29, 1.82) is 5.26 Å². The van der Waals surface area contributed by atoms with Gasteiger partial charge in [0.1, 0.15) is 17.4 Å². The molecule has 5 rings (SSSR count). The maximum Gasteiger partial charge on any atom is 0.259 e. The average Bonchev–Trinajstić information content (AvgIpc) is 3.53. The number of para-hydroxylation sites is 1. The summed E-state index contributed by atoms with van der Waals surface area (Å²) in [5.41, 5.74) is 3.54. The lowest BCUT2D eigenvalue weighted by atomic mass is 10.0. The molecule has 1 saturated carbocycles. The van der Waals surface area contributed by atoms with E-state index in [-0.39, 0.29) is 22.1 Å². The molecule has 0 spiro atoms. The first-order valence-electron chi connectivity index (χ1n) is 10.4. The van der Waals surface area contributed by atoms with Crippen molar-refractivity contribution in [3.05, 3.63) is 76.1 Å². The Balaban J connectivity index is 1.42. The molecule has 1 fully saturated rings. The number of fused-ring (bicyclic) bond motifs is 1. The Morgan fingerprint density at radius 1 is 1.23 bits per heavy atom. The fourth-order valence-electron chi connectivity index (χ4n) is 3.81. The minimum atomic E-state index is -0.217. The molecule has 7 heteroatoms. The lowest BCUT2D eigenvalue weighted by Gasteiger charge is -2.27. The Hall–Kier alpha value is -3.30. The minimum Gasteiger partial charge on any atom is -0.492 e. The van der Waals surface area contributed by atoms with E-state index in [1.54, 1.807) is 17.0 Å². The second-order valence-electron chi connectivity index (χ2n) is 8.02. The van der Waals surface area contributed by atoms with Crippen LogP contribution in [-0.2, 0) is 13.0 Å². The molecule has 0 bridgehead atoms. The van der Waals surface area contributed by atoms with E-state index in [9.17, 15) is 10.1 Å². The van der Waals surface area contributed by atoms with E-state index in [1.165, 1.54) is 0 Å². The van der Waals surface area contributed by atoms with Crippen molar-refractivity contribution in [2.24, 2.45) is 5.92 Å². The van der Waals surface area contributed by atoms with Crippen LogP contribution < -0.4 is 4.74 Å². The van der Waals surface area contributed by atoms with E-state index in [1.807, 2.05) is 41.2 Å². The van der Waals surface area contributed by atoms with Gasteiger partial charge in [-0.1, -0.05) is 29.8 Å². The fourth-order valence-corrected chi connectivity index (χ4v) is 4.09. The number of rotatable bonds is 5. The Morgan fingerprint density at radius 2 is 2.03 bits per heavy atom. The second kappa shape index (κ2) is 8.09. The fraction of sp³-hybridized carbons (Fsp3) is 0.292. The molecule has 0 N–H and O–H groups in total. The summed E-state index contributed by atoms with van der Waals surface area (Å²) >= 11 is 6.48. The monoisotopic (exact) mass is 432 g/mol. The Morgan fingerprint density at radius 3 is 2.77 bits per heavy atom. The molecular formula is C24H21ClN4O2. The number of ether oxygens (including phenoxy) is 1. The molecule has 1 amide bonds. The van der Waals surface area contributed by atoms with Crippen LogP contribution in [0.2, 0.25) is 5.02 Å². The molecule has 0 unspecified atom stereocenters. The summed E-state index contributed by atoms with van der Waals surface area (Å²) in [5.74, 6) is 0.774. The third-order valence-corrected chi connectivity index (χ3v) is 6.17. The van der Waals surface area contributed by atoms with Crippen molar-refractivity contribution in [2.45, 2.75) is 25.8 Å². The SMILES string of the molecule is N#Cc1ccc(OCC2CC2)c(C(=O)N2CCc3nn(-c4ccccc4)cc3C2)c1Cl. The van der Waals surface area contributed by atoms with Crippen LogP contribution in [0.1, 0.15) is 40.0 Å². The smallest absolute Gasteiger partial charge is 0.259 e. The zero-order valence-electron chi connectivity index (χ0n) is 16.9. The molecule has 1 aliphatic heterocycles. The van der Waals surface area contributed by atoms with Crippen LogP contribution in [0.15, 0.2) is 48.7 Å². The number of nitriles is 1. The van der Waals surface area contributed by atoms with Crippen LogP contribution in [0.4, 0.5) is 0 Å². The highest BCUT2D eigenvalue weighted by Crippen LogP contribution is 2.35. The molecule has 0 saturated heterocycles. The summed E-state index contributed by atoms with van der Waals surface area (Å²) < 4.78 is 7.78. The molecule has 31 heavy (non-hydrogen) atoms. The number of benzene rings is 2. The van der Waals surface area contributed by atoms with Crippen LogP contribution >= 0.6 is 11.6 Å². The van der Waals surface area contributed by atoms with Gasteiger partial charge in [-0.05, 0) is 43.0 Å². The summed E-state index contributed by atoms with van der Waals surface area (Å²) in [7, 11) is 0. The number of hydrogen-bond acceptors (Lipinski definition) is 4. The minimum absolute atomic E-state index is 0.159. The number of hydrogen-bond donors (Lipinski definition) is 0. The maximum atomic E-state index is 13.5. The second-order valence-corrected chi connectivity index (χ2v) is 8.40. The third-order valence-electron chi connectivity index (χ3n) is 5.77. The lowest BCUT2D eigenvalue weighted by molar-refractivity contribution is 0.0729. The van der Waals surface area contributed by atoms with E-state index < -0.39 is 0 Å². The van der Waals surface area contributed by atoms with Gasteiger partial charge in [0.2, 0.25) is 0 Å². The molecule has 2 aromatic carbocycles. The standard InChI is InChI=1S/C24H21ClN4O2/c25-23-17(12-26)8-9-21(31-15-16-6-7-16)22(23)24(30)28-11-10-20-18(13-28)14-29(27-20)19-4-2-1-3-5-19/h1-5,8-9,14,16H,6-7,10-11,13,15H2. The summed E-state index contributed by atoms with van der Waals surface area (Å²) in [4.78, 5) is 15.2. The molecule has 2 aliphatic rings. The van der Waals surface area contributed by atoms with Crippen LogP contribution in [0.3, 0.4) is 0 Å². The highest BCUT2D eigenvalue weighted by Gasteiger charge is 2.30. The van der Waals surface area contributed by atoms with Gasteiger partial charge in [0.05, 0.1) is 28.6 Å². The van der Waals surface area contributed by atoms with Gasteiger partial charge < -0.3 is 9.64 Å². The van der Waals surface area contributed by atoms with Gasteiger partial charge in [-0.2, -0.15) is 10.4 Å². The van der Waals surface area contributed by atoms with Crippen molar-refractivity contribution in [3.63, 3.8) is 0 Å². The number of halogens is 1. The number of carbonyl (C=O) groups excluding carboxylic acids is 1. The highest BCUT2D eigenvalue weighted by molar-refractivity contribution is 6.35. The molecular weight excluding hydrogens is 412 g/mol. The largest absolute Gasteiger partial charge is 0.492 e. The van der Waals surface area contributed by atoms with Crippen molar-refractivity contribution in [3.8, 4) is 17.5 Å². The van der Waals surface area contributed by atoms with Crippen molar-refractivity contribution >= 4 is 17.5 Å². The number of amides is 1. The average molecular weight is 433 g/mol. The van der Waals surface area contributed by atoms with Gasteiger partial charge in [-0.3, -0.25) is 4.79 Å². The normalized spacial score (nSPS) is 15.3. The third kappa shape index (κ3) is 3.89. The van der Waals surface area contributed by atoms with Gasteiger partial charge >= 0.3 is 0 Å². The first kappa shape index (κ1) is 19.7. The van der Waals surface area contributed by atoms with E-state index in [2.05, 4.69) is 6.07 Å². The van der Waals surface area contributed by atoms with Crippen molar-refractivity contribution < 1.29 is 9.53 Å². The zero-order chi connectivity index (χ0) is 21.4. The van der Waals surface area contributed by atoms with Crippen molar-refractivity contribution in [2.75, 3.05) is 13.2 Å². The van der Waals surface area contributed by atoms with Crippen LogP contribution in [0.5, 0.6) is 5.75 Å². The lowest BCUT2D eigenvalue weighted by Crippen LogP contribution is -2.36. The predicted molar refractivity (Wildman–Crippen MR) is 116 cm³/mol. The molecule has 2 heterocycles. The summed E-state index contributed by atoms with van der Waals surface area (Å²) in [6.45, 7) is 1.54. The first-order valence-corrected chi connectivity index (χ1v) is 10.8. The molecule has 0 radical (unpaired) electrons. The predicted octanol–water partition coefficient (Wildman–Crippen LogP) is 4.38. The van der Waals surface area contributed by atoms with E-state index in [0.717, 1.165) is 29.8 Å². The van der Waals surface area contributed by atoms with Crippen LogP contribution in [-0.4, -0.2) is 33.7 Å². The molecule has 3 aromatic rings. The van der Waals surface area contributed by atoms with Gasteiger partial charge in [0.25, 0.3) is 5.91 Å². The summed E-state index contributed by atoms with van der Waals surface area (Å²) in [6.07, 6.45) is 4.93. The quantitative estimate of drug-likeness (QED) is 0.599. The van der Waals surface area contributed by atoms with E-state index >= 15 is 0 Å². The van der Waals surface area contributed by atoms with E-state index in [4.69, 9.17) is 21.4 Å². The molecule has 0 atom stereocenters.